The Labute approximate surface area is 185 Å². The number of H-pyrrole nitrogens is 1. The Morgan fingerprint density at radius 2 is 2.03 bits per heavy atom. The highest BCUT2D eigenvalue weighted by Crippen LogP contribution is 2.34. The summed E-state index contributed by atoms with van der Waals surface area (Å²) >= 11 is 0. The van der Waals surface area contributed by atoms with Gasteiger partial charge < -0.3 is 19.8 Å². The van der Waals surface area contributed by atoms with Gasteiger partial charge >= 0.3 is 0 Å². The van der Waals surface area contributed by atoms with E-state index in [1.165, 1.54) is 25.3 Å². The molecule has 1 saturated heterocycles. The van der Waals surface area contributed by atoms with E-state index in [0.717, 1.165) is 29.9 Å². The number of pyridine rings is 1. The van der Waals surface area contributed by atoms with Crippen LogP contribution in [0.2, 0.25) is 0 Å². The van der Waals surface area contributed by atoms with Crippen LogP contribution in [0, 0.1) is 0 Å². The standard InChI is InChI=1S/C19H19N5O3.C4H9N/c1-19(2)11-23(7-8-26-19)18-12-9-15(27-14(12)5-6-20-18)13-10-21-16-3-4-17(25)22-24(13)16;5-4-2-1-3-4/h3-6,9-10H,7-8,11H2,1-2H3,(H,22,25);4H,1-3,5H2. The van der Waals surface area contributed by atoms with Gasteiger partial charge in [0.1, 0.15) is 17.1 Å². The fourth-order valence-corrected chi connectivity index (χ4v) is 4.04. The van der Waals surface area contributed by atoms with E-state index in [9.17, 15) is 4.79 Å². The highest BCUT2D eigenvalue weighted by molar-refractivity contribution is 5.92. The van der Waals surface area contributed by atoms with Crippen molar-refractivity contribution in [1.29, 1.82) is 0 Å². The first-order valence-electron chi connectivity index (χ1n) is 11.0. The zero-order valence-electron chi connectivity index (χ0n) is 18.4. The molecule has 1 aliphatic carbocycles. The number of morpholine rings is 1. The second-order valence-electron chi connectivity index (χ2n) is 9.02. The number of nitrogens with zero attached hydrogens (tertiary/aromatic N) is 4. The largest absolute Gasteiger partial charge is 0.454 e. The molecule has 4 aromatic rings. The number of furan rings is 1. The number of nitrogens with two attached hydrogens (primary N) is 1. The minimum atomic E-state index is -0.226. The molecule has 5 heterocycles. The van der Waals surface area contributed by atoms with Crippen LogP contribution >= 0.6 is 0 Å². The normalized spacial score (nSPS) is 18.4. The van der Waals surface area contributed by atoms with Gasteiger partial charge in [-0.2, -0.15) is 0 Å². The molecule has 0 atom stereocenters. The molecule has 0 bridgehead atoms. The SMILES string of the molecule is CC1(C)CN(c2nccc3oc(-c4cnc5ccc(=O)[nH]n45)cc23)CCO1.NC1CCC1. The Morgan fingerprint density at radius 3 is 2.75 bits per heavy atom. The van der Waals surface area contributed by atoms with Gasteiger partial charge in [0, 0.05) is 31.4 Å². The van der Waals surface area contributed by atoms with E-state index >= 15 is 0 Å². The minimum Gasteiger partial charge on any atom is -0.454 e. The lowest BCUT2D eigenvalue weighted by Crippen LogP contribution is -2.48. The second-order valence-corrected chi connectivity index (χ2v) is 9.02. The van der Waals surface area contributed by atoms with E-state index in [-0.39, 0.29) is 11.2 Å². The average Bonchev–Trinajstić information content (AvgIpc) is 3.35. The Balaban J connectivity index is 0.000000383. The zero-order chi connectivity index (χ0) is 22.3. The molecule has 168 valence electrons. The molecule has 0 unspecified atom stereocenters. The van der Waals surface area contributed by atoms with Crippen molar-refractivity contribution in [3.8, 4) is 11.5 Å². The summed E-state index contributed by atoms with van der Waals surface area (Å²) in [6.45, 7) is 6.34. The van der Waals surface area contributed by atoms with Gasteiger partial charge in [-0.15, -0.1) is 0 Å². The van der Waals surface area contributed by atoms with Gasteiger partial charge in [0.15, 0.2) is 11.4 Å². The van der Waals surface area contributed by atoms with E-state index in [0.29, 0.717) is 29.8 Å². The van der Waals surface area contributed by atoms with Crippen LogP contribution in [0.25, 0.3) is 28.1 Å². The Hall–Kier alpha value is -3.17. The summed E-state index contributed by atoms with van der Waals surface area (Å²) in [5, 5.41) is 3.70. The molecule has 6 rings (SSSR count). The number of fused-ring (bicyclic) bond motifs is 2. The van der Waals surface area contributed by atoms with Crippen molar-refractivity contribution < 1.29 is 9.15 Å². The van der Waals surface area contributed by atoms with Gasteiger partial charge in [-0.05, 0) is 44.9 Å². The van der Waals surface area contributed by atoms with Crippen LogP contribution in [0.5, 0.6) is 0 Å². The number of nitrogens with one attached hydrogen (secondary N) is 1. The van der Waals surface area contributed by atoms with Gasteiger partial charge in [0.05, 0.1) is 23.8 Å². The van der Waals surface area contributed by atoms with Crippen molar-refractivity contribution in [1.82, 2.24) is 19.6 Å². The van der Waals surface area contributed by atoms with E-state index in [4.69, 9.17) is 14.9 Å². The average molecular weight is 437 g/mol. The van der Waals surface area contributed by atoms with Crippen molar-refractivity contribution >= 4 is 22.4 Å². The van der Waals surface area contributed by atoms with E-state index in [1.807, 2.05) is 12.1 Å². The van der Waals surface area contributed by atoms with Crippen LogP contribution in [-0.4, -0.2) is 50.9 Å². The smallest absolute Gasteiger partial charge is 0.263 e. The third kappa shape index (κ3) is 4.01. The summed E-state index contributed by atoms with van der Waals surface area (Å²) in [4.78, 5) is 22.8. The predicted molar refractivity (Wildman–Crippen MR) is 123 cm³/mol. The molecule has 32 heavy (non-hydrogen) atoms. The third-order valence-corrected chi connectivity index (χ3v) is 5.95. The number of rotatable bonds is 2. The molecule has 3 N–H and O–H groups in total. The molecule has 9 heteroatoms. The summed E-state index contributed by atoms with van der Waals surface area (Å²) in [6.07, 6.45) is 7.33. The molecule has 0 amide bonds. The maximum atomic E-state index is 11.7. The highest BCUT2D eigenvalue weighted by Gasteiger charge is 2.29. The first-order valence-corrected chi connectivity index (χ1v) is 11.0. The number of ether oxygens (including phenoxy) is 1. The Kier molecular flexibility index (Phi) is 5.22. The molecule has 0 spiro atoms. The van der Waals surface area contributed by atoms with Crippen LogP contribution in [0.15, 0.2) is 45.9 Å². The van der Waals surface area contributed by atoms with Gasteiger partial charge in [-0.3, -0.25) is 9.89 Å². The summed E-state index contributed by atoms with van der Waals surface area (Å²) in [5.74, 6) is 1.50. The molecule has 1 aliphatic heterocycles. The topological polar surface area (TPSA) is 115 Å². The number of aromatic amines is 1. The maximum absolute atomic E-state index is 11.7. The number of aromatic nitrogens is 4. The van der Waals surface area contributed by atoms with Crippen molar-refractivity contribution in [3.63, 3.8) is 0 Å². The third-order valence-electron chi connectivity index (χ3n) is 5.95. The van der Waals surface area contributed by atoms with Crippen LogP contribution in [-0.2, 0) is 4.74 Å². The van der Waals surface area contributed by atoms with Crippen LogP contribution in [0.4, 0.5) is 5.82 Å². The quantitative estimate of drug-likeness (QED) is 0.496. The van der Waals surface area contributed by atoms with E-state index in [2.05, 4.69) is 33.8 Å². The Morgan fingerprint density at radius 1 is 1.22 bits per heavy atom. The fourth-order valence-electron chi connectivity index (χ4n) is 4.04. The van der Waals surface area contributed by atoms with E-state index < -0.39 is 0 Å². The molecule has 2 aliphatic rings. The van der Waals surface area contributed by atoms with Crippen LogP contribution < -0.4 is 16.2 Å². The molecule has 2 fully saturated rings. The summed E-state index contributed by atoms with van der Waals surface area (Å²) in [7, 11) is 0. The van der Waals surface area contributed by atoms with Gasteiger partial charge in [-0.1, -0.05) is 6.42 Å². The van der Waals surface area contributed by atoms with Crippen molar-refractivity contribution in [2.75, 3.05) is 24.6 Å². The lowest BCUT2D eigenvalue weighted by Gasteiger charge is -2.38. The molecule has 9 nitrogen and oxygen atoms in total. The van der Waals surface area contributed by atoms with Crippen molar-refractivity contribution in [3.05, 3.63) is 47.0 Å². The summed E-state index contributed by atoms with van der Waals surface area (Å²) in [5.41, 5.74) is 7.04. The number of hydrogen-bond acceptors (Lipinski definition) is 7. The van der Waals surface area contributed by atoms with Crippen LogP contribution in [0.1, 0.15) is 33.1 Å². The summed E-state index contributed by atoms with van der Waals surface area (Å²) < 4.78 is 13.5. The molecule has 0 radical (unpaired) electrons. The van der Waals surface area contributed by atoms with Gasteiger partial charge in [-0.25, -0.2) is 14.5 Å². The number of imidazole rings is 1. The van der Waals surface area contributed by atoms with Gasteiger partial charge in [0.25, 0.3) is 5.56 Å². The zero-order valence-corrected chi connectivity index (χ0v) is 18.4. The van der Waals surface area contributed by atoms with Gasteiger partial charge in [0.2, 0.25) is 0 Å². The van der Waals surface area contributed by atoms with Crippen molar-refractivity contribution in [2.45, 2.75) is 44.8 Å². The van der Waals surface area contributed by atoms with Crippen molar-refractivity contribution in [2.24, 2.45) is 5.73 Å². The van der Waals surface area contributed by atoms with Crippen LogP contribution in [0.3, 0.4) is 0 Å². The predicted octanol–water partition coefficient (Wildman–Crippen LogP) is 2.94. The second kappa shape index (κ2) is 8.07. The number of hydrogen-bond donors (Lipinski definition) is 2. The maximum Gasteiger partial charge on any atom is 0.263 e. The molecule has 4 aromatic heterocycles. The lowest BCUT2D eigenvalue weighted by molar-refractivity contribution is -0.0278. The molecule has 1 saturated carbocycles. The Bertz CT molecular complexity index is 1300. The van der Waals surface area contributed by atoms with E-state index in [1.54, 1.807) is 23.0 Å². The minimum absolute atomic E-state index is 0.198. The highest BCUT2D eigenvalue weighted by atomic mass is 16.5. The monoisotopic (exact) mass is 436 g/mol. The molecular formula is C23H28N6O3. The number of anilines is 1. The summed E-state index contributed by atoms with van der Waals surface area (Å²) in [6, 6.07) is 7.49. The first-order chi connectivity index (χ1) is 15.4. The first kappa shape index (κ1) is 20.7. The lowest BCUT2D eigenvalue weighted by atomic mass is 9.95. The molecule has 0 aromatic carbocycles. The fraction of sp³-hybridized carbons (Fsp3) is 0.435. The molecular weight excluding hydrogens is 408 g/mol.